The largest absolute Gasteiger partial charge is 0.472 e. The fourth-order valence-corrected chi connectivity index (χ4v) is 6.41. The molecule has 0 aliphatic heterocycles. The molecule has 0 bridgehead atoms. The number of ether oxygens (including phenoxy) is 2. The van der Waals surface area contributed by atoms with Crippen molar-refractivity contribution in [1.82, 2.24) is 0 Å². The summed E-state index contributed by atoms with van der Waals surface area (Å²) in [6.45, 7) is 1.46. The molecular formula is C42H74O14P2. The molecule has 0 spiro atoms. The zero-order valence-electron chi connectivity index (χ0n) is 35.0. The van der Waals surface area contributed by atoms with Crippen LogP contribution in [0.4, 0.5) is 0 Å². The summed E-state index contributed by atoms with van der Waals surface area (Å²) in [6.07, 6.45) is 35.4. The lowest BCUT2D eigenvalue weighted by molar-refractivity contribution is -0.161. The quantitative estimate of drug-likeness (QED) is 0.0128. The van der Waals surface area contributed by atoms with Crippen molar-refractivity contribution in [2.75, 3.05) is 26.4 Å². The lowest BCUT2D eigenvalue weighted by Crippen LogP contribution is -2.30. The average molecular weight is 865 g/mol. The van der Waals surface area contributed by atoms with E-state index in [1.54, 1.807) is 6.08 Å². The zero-order valence-corrected chi connectivity index (χ0v) is 36.8. The van der Waals surface area contributed by atoms with Crippen molar-refractivity contribution in [3.05, 3.63) is 60.8 Å². The fourth-order valence-electron chi connectivity index (χ4n) is 5.26. The summed E-state index contributed by atoms with van der Waals surface area (Å²) in [6, 6.07) is 0. The van der Waals surface area contributed by atoms with Crippen LogP contribution in [-0.4, -0.2) is 81.6 Å². The second-order valence-electron chi connectivity index (χ2n) is 14.1. The summed E-state index contributed by atoms with van der Waals surface area (Å²) in [5, 5.41) is 19.6. The van der Waals surface area contributed by atoms with Crippen molar-refractivity contribution in [2.24, 2.45) is 0 Å². The lowest BCUT2D eigenvalue weighted by Gasteiger charge is -2.20. The van der Waals surface area contributed by atoms with Crippen LogP contribution >= 0.6 is 15.6 Å². The van der Waals surface area contributed by atoms with E-state index in [9.17, 15) is 33.8 Å². The topological polar surface area (TPSA) is 216 Å². The summed E-state index contributed by atoms with van der Waals surface area (Å²) in [4.78, 5) is 52.6. The minimum absolute atomic E-state index is 0.0789. The molecule has 0 aromatic carbocycles. The second-order valence-corrected chi connectivity index (χ2v) is 16.8. The van der Waals surface area contributed by atoms with Crippen LogP contribution in [0.2, 0.25) is 0 Å². The van der Waals surface area contributed by atoms with Gasteiger partial charge in [0, 0.05) is 12.8 Å². The molecule has 0 rings (SSSR count). The van der Waals surface area contributed by atoms with Crippen LogP contribution in [0.1, 0.15) is 149 Å². The number of phosphoric ester groups is 2. The third-order valence-corrected chi connectivity index (χ3v) is 9.92. The van der Waals surface area contributed by atoms with Gasteiger partial charge in [-0.05, 0) is 64.2 Å². The molecule has 0 amide bonds. The van der Waals surface area contributed by atoms with E-state index in [4.69, 9.17) is 23.8 Å². The molecule has 0 saturated heterocycles. The van der Waals surface area contributed by atoms with Gasteiger partial charge in [-0.2, -0.15) is 0 Å². The molecule has 0 aromatic rings. The molecule has 5 N–H and O–H groups in total. The van der Waals surface area contributed by atoms with E-state index in [1.807, 2.05) is 37.3 Å². The Morgan fingerprint density at radius 3 is 1.64 bits per heavy atom. The summed E-state index contributed by atoms with van der Waals surface area (Å²) in [5.41, 5.74) is 0. The van der Waals surface area contributed by atoms with Crippen LogP contribution in [-0.2, 0) is 41.8 Å². The molecule has 0 fully saturated rings. The van der Waals surface area contributed by atoms with Gasteiger partial charge in [-0.1, -0.05) is 132 Å². The number of hydrogen-bond donors (Lipinski definition) is 5. The normalized spacial score (nSPS) is 15.2. The van der Waals surface area contributed by atoms with E-state index in [0.29, 0.717) is 19.3 Å². The van der Waals surface area contributed by atoms with Crippen LogP contribution in [0, 0.1) is 0 Å². The van der Waals surface area contributed by atoms with Crippen LogP contribution in [0.15, 0.2) is 60.8 Å². The van der Waals surface area contributed by atoms with Gasteiger partial charge in [-0.15, -0.1) is 0 Å². The number of unbranched alkanes of at least 4 members (excludes halogenated alkanes) is 14. The molecule has 58 heavy (non-hydrogen) atoms. The second kappa shape index (κ2) is 37.8. The number of esters is 2. The number of phosphoric acid groups is 2. The fraction of sp³-hybridized carbons (Fsp3) is 0.714. The first-order valence-corrected chi connectivity index (χ1v) is 24.1. The predicted molar refractivity (Wildman–Crippen MR) is 227 cm³/mol. The van der Waals surface area contributed by atoms with Gasteiger partial charge in [0.2, 0.25) is 0 Å². The minimum atomic E-state index is -4.87. The van der Waals surface area contributed by atoms with Crippen LogP contribution in [0.3, 0.4) is 0 Å². The van der Waals surface area contributed by atoms with E-state index in [-0.39, 0.29) is 12.8 Å². The zero-order chi connectivity index (χ0) is 43.2. The first-order chi connectivity index (χ1) is 27.8. The van der Waals surface area contributed by atoms with E-state index in [1.165, 1.54) is 25.7 Å². The molecule has 14 nitrogen and oxygen atoms in total. The Balaban J connectivity index is 4.64. The number of carbonyl (C=O) groups excluding carboxylic acids is 2. The summed E-state index contributed by atoms with van der Waals surface area (Å²) >= 11 is 0. The van der Waals surface area contributed by atoms with Gasteiger partial charge in [0.05, 0.1) is 25.9 Å². The molecule has 4 atom stereocenters. The van der Waals surface area contributed by atoms with Gasteiger partial charge < -0.3 is 34.4 Å². The van der Waals surface area contributed by atoms with Crippen molar-refractivity contribution in [1.29, 1.82) is 0 Å². The third-order valence-electron chi connectivity index (χ3n) is 8.49. The standard InChI is InChI=1S/C42H74O14P2/c1-3-5-7-8-9-10-11-12-13-14-15-18-21-24-28-32-41(45)52-36-40(37-55-58(50,51)54-35-39(44)34-53-57(47,48)49)56-42(46)33-29-25-22-19-16-17-20-23-27-31-38(43)30-26-6-4-2/h6,10-13,20,23,26-27,31,38-40,43-44H,3-5,7-9,14-19,21-22,24-25,28-30,32-37H2,1-2H3,(H,50,51)(H2,47,48,49)/b11-10-,13-12-,23-20+,26-6+,31-27+/t38?,39-,40+/m0/s1. The lowest BCUT2D eigenvalue weighted by atomic mass is 10.1. The van der Waals surface area contributed by atoms with Crippen LogP contribution in [0.25, 0.3) is 0 Å². The molecular weight excluding hydrogens is 790 g/mol. The van der Waals surface area contributed by atoms with E-state index in [0.717, 1.165) is 77.0 Å². The summed E-state index contributed by atoms with van der Waals surface area (Å²) < 4.78 is 47.7. The summed E-state index contributed by atoms with van der Waals surface area (Å²) in [5.74, 6) is -1.11. The maximum absolute atomic E-state index is 12.6. The van der Waals surface area contributed by atoms with Crippen molar-refractivity contribution < 1.29 is 66.7 Å². The van der Waals surface area contributed by atoms with Crippen LogP contribution in [0.5, 0.6) is 0 Å². The van der Waals surface area contributed by atoms with Gasteiger partial charge in [0.15, 0.2) is 6.10 Å². The Kier molecular flexibility index (Phi) is 36.3. The molecule has 0 aliphatic rings. The van der Waals surface area contributed by atoms with Gasteiger partial charge in [0.1, 0.15) is 12.7 Å². The Bertz CT molecular complexity index is 1280. The van der Waals surface area contributed by atoms with E-state index in [2.05, 4.69) is 40.3 Å². The molecule has 16 heteroatoms. The first-order valence-electron chi connectivity index (χ1n) is 21.1. The van der Waals surface area contributed by atoms with Crippen LogP contribution < -0.4 is 0 Å². The number of carbonyl (C=O) groups is 2. The number of aliphatic hydroxyl groups is 2. The minimum Gasteiger partial charge on any atom is -0.462 e. The van der Waals surface area contributed by atoms with E-state index < -0.39 is 72.3 Å². The molecule has 2 unspecified atom stereocenters. The Morgan fingerprint density at radius 1 is 0.569 bits per heavy atom. The Morgan fingerprint density at radius 2 is 1.07 bits per heavy atom. The van der Waals surface area contributed by atoms with Crippen molar-refractivity contribution in [3.8, 4) is 0 Å². The Labute approximate surface area is 347 Å². The number of rotatable bonds is 39. The van der Waals surface area contributed by atoms with E-state index >= 15 is 0 Å². The average Bonchev–Trinajstić information content (AvgIpc) is 3.17. The SMILES string of the molecule is CC/C=C/CC(O)/C=C/C=C/CCCCCCCC(=O)O[C@H](COC(=O)CCCCCCC/C=C\C=C/CCCCCC)COP(=O)(O)OC[C@@H](O)COP(=O)(O)O. The van der Waals surface area contributed by atoms with Gasteiger partial charge >= 0.3 is 27.6 Å². The molecule has 0 aliphatic carbocycles. The number of hydrogen-bond acceptors (Lipinski definition) is 11. The molecule has 0 saturated carbocycles. The molecule has 0 heterocycles. The maximum atomic E-state index is 12.6. The maximum Gasteiger partial charge on any atom is 0.472 e. The first kappa shape index (κ1) is 55.8. The highest BCUT2D eigenvalue weighted by Crippen LogP contribution is 2.43. The smallest absolute Gasteiger partial charge is 0.462 e. The highest BCUT2D eigenvalue weighted by molar-refractivity contribution is 7.47. The van der Waals surface area contributed by atoms with Crippen molar-refractivity contribution >= 4 is 27.6 Å². The monoisotopic (exact) mass is 864 g/mol. The number of aliphatic hydroxyl groups excluding tert-OH is 2. The molecule has 0 radical (unpaired) electrons. The Hall–Kier alpha value is -2.22. The highest BCUT2D eigenvalue weighted by Gasteiger charge is 2.28. The molecule has 0 aromatic heterocycles. The van der Waals surface area contributed by atoms with Crippen molar-refractivity contribution in [2.45, 2.75) is 167 Å². The van der Waals surface area contributed by atoms with Crippen molar-refractivity contribution in [3.63, 3.8) is 0 Å². The molecule has 336 valence electrons. The van der Waals surface area contributed by atoms with Gasteiger partial charge in [-0.25, -0.2) is 9.13 Å². The number of allylic oxidation sites excluding steroid dienone is 8. The highest BCUT2D eigenvalue weighted by atomic mass is 31.2. The predicted octanol–water partition coefficient (Wildman–Crippen LogP) is 9.42. The summed E-state index contributed by atoms with van der Waals surface area (Å²) in [7, 11) is -9.70. The van der Waals surface area contributed by atoms with Gasteiger partial charge in [0.25, 0.3) is 0 Å². The third kappa shape index (κ3) is 40.6. The van der Waals surface area contributed by atoms with Gasteiger partial charge in [-0.3, -0.25) is 23.2 Å².